The first-order valence-corrected chi connectivity index (χ1v) is 17.3. The number of rotatable bonds is 7. The monoisotopic (exact) mass is 534 g/mol. The molecular formula is C27H43FN4O4Si. The van der Waals surface area contributed by atoms with Crippen LogP contribution in [0.25, 0.3) is 11.2 Å². The Kier molecular flexibility index (Phi) is 8.60. The van der Waals surface area contributed by atoms with Crippen molar-refractivity contribution < 1.29 is 23.4 Å². The maximum absolute atomic E-state index is 15.3. The van der Waals surface area contributed by atoms with E-state index in [4.69, 9.17) is 19.2 Å². The molecule has 2 aliphatic rings. The Balaban J connectivity index is 1.59. The van der Waals surface area contributed by atoms with Crippen LogP contribution >= 0.6 is 0 Å². The van der Waals surface area contributed by atoms with Crippen molar-refractivity contribution in [1.29, 1.82) is 0 Å². The second kappa shape index (κ2) is 11.4. The summed E-state index contributed by atoms with van der Waals surface area (Å²) in [7, 11) is -1.21. The minimum absolute atomic E-state index is 0.0390. The van der Waals surface area contributed by atoms with Gasteiger partial charge < -0.3 is 19.1 Å². The molecule has 8 nitrogen and oxygen atoms in total. The number of carbonyl (C=O) groups excluding carboxylic acids is 1. The topological polar surface area (TPSA) is 78.7 Å². The summed E-state index contributed by atoms with van der Waals surface area (Å²) in [4.78, 5) is 23.8. The van der Waals surface area contributed by atoms with E-state index in [1.165, 1.54) is 6.20 Å². The van der Waals surface area contributed by atoms with Crippen molar-refractivity contribution in [2.24, 2.45) is 0 Å². The molecule has 0 spiro atoms. The second-order valence-electron chi connectivity index (χ2n) is 12.6. The van der Waals surface area contributed by atoms with Crippen LogP contribution in [0.5, 0.6) is 0 Å². The normalized spacial score (nSPS) is 18.5. The lowest BCUT2D eigenvalue weighted by molar-refractivity contribution is 0.0204. The number of ether oxygens (including phenoxy) is 3. The van der Waals surface area contributed by atoms with Gasteiger partial charge in [-0.25, -0.2) is 19.2 Å². The van der Waals surface area contributed by atoms with Gasteiger partial charge in [0.1, 0.15) is 29.5 Å². The first-order chi connectivity index (χ1) is 17.4. The fourth-order valence-corrected chi connectivity index (χ4v) is 5.82. The molecule has 0 saturated carbocycles. The Morgan fingerprint density at radius 2 is 1.81 bits per heavy atom. The molecule has 4 rings (SSSR count). The molecule has 1 amide bonds. The van der Waals surface area contributed by atoms with Crippen LogP contribution in [0.3, 0.4) is 0 Å². The maximum atomic E-state index is 15.3. The molecule has 206 valence electrons. The molecule has 2 aromatic rings. The summed E-state index contributed by atoms with van der Waals surface area (Å²) in [6.07, 6.45) is 4.08. The zero-order valence-corrected chi connectivity index (χ0v) is 24.3. The third kappa shape index (κ3) is 7.09. The Hall–Kier alpha value is -2.04. The third-order valence-electron chi connectivity index (χ3n) is 7.14. The van der Waals surface area contributed by atoms with Crippen molar-refractivity contribution in [3.8, 4) is 0 Å². The van der Waals surface area contributed by atoms with Crippen LogP contribution in [0.2, 0.25) is 25.7 Å². The lowest BCUT2D eigenvalue weighted by Crippen LogP contribution is -2.41. The molecule has 4 heterocycles. The number of halogens is 1. The third-order valence-corrected chi connectivity index (χ3v) is 8.85. The quantitative estimate of drug-likeness (QED) is 0.326. The fraction of sp³-hybridized carbons (Fsp3) is 0.741. The predicted molar refractivity (Wildman–Crippen MR) is 144 cm³/mol. The molecular weight excluding hydrogens is 491 g/mol. The van der Waals surface area contributed by atoms with Crippen molar-refractivity contribution in [2.75, 3.05) is 32.9 Å². The van der Waals surface area contributed by atoms with Crippen molar-refractivity contribution in [3.05, 3.63) is 23.4 Å². The zero-order chi connectivity index (χ0) is 26.8. The highest BCUT2D eigenvalue weighted by atomic mass is 28.3. The average molecular weight is 535 g/mol. The van der Waals surface area contributed by atoms with Crippen molar-refractivity contribution >= 4 is 25.3 Å². The summed E-state index contributed by atoms with van der Waals surface area (Å²) in [6, 6.07) is 1.08. The lowest BCUT2D eigenvalue weighted by Gasteiger charge is -2.33. The van der Waals surface area contributed by atoms with E-state index in [-0.39, 0.29) is 23.7 Å². The van der Waals surface area contributed by atoms with Gasteiger partial charge in [0.25, 0.3) is 0 Å². The Morgan fingerprint density at radius 1 is 1.14 bits per heavy atom. The van der Waals surface area contributed by atoms with Gasteiger partial charge in [-0.3, -0.25) is 4.57 Å². The first kappa shape index (κ1) is 28.0. The van der Waals surface area contributed by atoms with E-state index in [0.29, 0.717) is 69.2 Å². The van der Waals surface area contributed by atoms with Crippen LogP contribution in [0.15, 0.2) is 6.20 Å². The van der Waals surface area contributed by atoms with Gasteiger partial charge in [-0.2, -0.15) is 0 Å². The van der Waals surface area contributed by atoms with Crippen molar-refractivity contribution in [1.82, 2.24) is 19.4 Å². The molecule has 10 heteroatoms. The molecule has 0 bridgehead atoms. The van der Waals surface area contributed by atoms with Crippen LogP contribution < -0.4 is 0 Å². The first-order valence-electron chi connectivity index (χ1n) is 13.6. The van der Waals surface area contributed by atoms with E-state index in [2.05, 4.69) is 24.6 Å². The van der Waals surface area contributed by atoms with E-state index in [1.807, 2.05) is 25.3 Å². The van der Waals surface area contributed by atoms with Gasteiger partial charge in [-0.1, -0.05) is 19.6 Å². The van der Waals surface area contributed by atoms with E-state index >= 15 is 4.39 Å². The number of pyridine rings is 1. The number of hydrogen-bond donors (Lipinski definition) is 0. The van der Waals surface area contributed by atoms with Crippen LogP contribution in [0, 0.1) is 5.82 Å². The lowest BCUT2D eigenvalue weighted by atomic mass is 9.89. The number of carbonyl (C=O) groups is 1. The summed E-state index contributed by atoms with van der Waals surface area (Å²) < 4.78 is 34.6. The highest BCUT2D eigenvalue weighted by molar-refractivity contribution is 6.76. The van der Waals surface area contributed by atoms with Crippen molar-refractivity contribution in [2.45, 2.75) is 96.3 Å². The molecule has 2 aliphatic heterocycles. The molecule has 0 unspecified atom stereocenters. The van der Waals surface area contributed by atoms with Crippen LogP contribution in [0.4, 0.5) is 9.18 Å². The molecule has 2 saturated heterocycles. The number of piperidine rings is 1. The van der Waals surface area contributed by atoms with Crippen LogP contribution in [-0.4, -0.2) is 72.1 Å². The summed E-state index contributed by atoms with van der Waals surface area (Å²) in [5.41, 5.74) is 1.39. The number of nitrogens with zero attached hydrogens (tertiary/aromatic N) is 4. The number of amides is 1. The van der Waals surface area contributed by atoms with Gasteiger partial charge in [-0.15, -0.1) is 0 Å². The molecule has 0 aliphatic carbocycles. The summed E-state index contributed by atoms with van der Waals surface area (Å²) >= 11 is 0. The highest BCUT2D eigenvalue weighted by Crippen LogP contribution is 2.37. The fourth-order valence-electron chi connectivity index (χ4n) is 5.07. The van der Waals surface area contributed by atoms with Gasteiger partial charge in [0.2, 0.25) is 0 Å². The highest BCUT2D eigenvalue weighted by Gasteiger charge is 2.32. The van der Waals surface area contributed by atoms with Crippen LogP contribution in [-0.2, 0) is 20.9 Å². The van der Waals surface area contributed by atoms with Gasteiger partial charge in [0, 0.05) is 52.5 Å². The van der Waals surface area contributed by atoms with Gasteiger partial charge >= 0.3 is 6.09 Å². The van der Waals surface area contributed by atoms with Crippen LogP contribution in [0.1, 0.15) is 69.7 Å². The Morgan fingerprint density at radius 3 is 2.43 bits per heavy atom. The second-order valence-corrected chi connectivity index (χ2v) is 18.2. The van der Waals surface area contributed by atoms with E-state index < -0.39 is 13.7 Å². The standard InChI is InChI=1S/C27H43FN4O4Si/c1-27(2,3)36-26(33)31-11-7-19(8-12-31)22-21(28)17-29-25-23(22)30-24(20-9-13-34-14-10-20)32(25)18-35-15-16-37(4,5)6/h17,19-20H,7-16,18H2,1-6H3. The Labute approximate surface area is 220 Å². The predicted octanol–water partition coefficient (Wildman–Crippen LogP) is 5.89. The Bertz CT molecular complexity index is 1080. The molecule has 0 aromatic carbocycles. The molecule has 37 heavy (non-hydrogen) atoms. The molecule has 0 N–H and O–H groups in total. The average Bonchev–Trinajstić information content (AvgIpc) is 3.19. The van der Waals surface area contributed by atoms with E-state index in [1.54, 1.807) is 4.90 Å². The number of fused-ring (bicyclic) bond motifs is 1. The number of likely N-dealkylation sites (tertiary alicyclic amines) is 1. The summed E-state index contributed by atoms with van der Waals surface area (Å²) in [6.45, 7) is 16.1. The zero-order valence-electron chi connectivity index (χ0n) is 23.3. The molecule has 2 fully saturated rings. The minimum Gasteiger partial charge on any atom is -0.444 e. The number of hydrogen-bond acceptors (Lipinski definition) is 6. The molecule has 0 atom stereocenters. The van der Waals surface area contributed by atoms with Gasteiger partial charge in [0.15, 0.2) is 5.65 Å². The maximum Gasteiger partial charge on any atom is 0.410 e. The molecule has 0 radical (unpaired) electrons. The van der Waals surface area contributed by atoms with E-state index in [0.717, 1.165) is 24.7 Å². The SMILES string of the molecule is CC(C)(C)OC(=O)N1CCC(c2c(F)cnc3c2nc(C2CCOCC2)n3COCC[Si](C)(C)C)CC1. The summed E-state index contributed by atoms with van der Waals surface area (Å²) in [5, 5.41) is 0. The van der Waals surface area contributed by atoms with Crippen molar-refractivity contribution in [3.63, 3.8) is 0 Å². The number of aromatic nitrogens is 3. The molecule has 2 aromatic heterocycles. The minimum atomic E-state index is -1.21. The number of imidazole rings is 1. The van der Waals surface area contributed by atoms with Gasteiger partial charge in [0.05, 0.1) is 6.20 Å². The largest absolute Gasteiger partial charge is 0.444 e. The van der Waals surface area contributed by atoms with E-state index in [9.17, 15) is 4.79 Å². The summed E-state index contributed by atoms with van der Waals surface area (Å²) in [5.74, 6) is 0.777. The van der Waals surface area contributed by atoms with Gasteiger partial charge in [-0.05, 0) is 58.4 Å². The smallest absolute Gasteiger partial charge is 0.410 e.